The summed E-state index contributed by atoms with van der Waals surface area (Å²) in [6.45, 7) is 1.96. The molecule has 3 heterocycles. The van der Waals surface area contributed by atoms with Gasteiger partial charge < -0.3 is 19.2 Å². The third-order valence-corrected chi connectivity index (χ3v) is 4.43. The van der Waals surface area contributed by atoms with Crippen molar-refractivity contribution >= 4 is 27.9 Å². The molecule has 0 radical (unpaired) electrons. The number of furan rings is 1. The van der Waals surface area contributed by atoms with Crippen LogP contribution in [0.15, 0.2) is 53.2 Å². The van der Waals surface area contributed by atoms with Gasteiger partial charge in [-0.25, -0.2) is 9.97 Å². The van der Waals surface area contributed by atoms with Gasteiger partial charge >= 0.3 is 0 Å². The van der Waals surface area contributed by atoms with Gasteiger partial charge in [0.05, 0.1) is 13.2 Å². The number of ether oxygens (including phenoxy) is 2. The molecule has 0 aliphatic carbocycles. The lowest BCUT2D eigenvalue weighted by atomic mass is 10.2. The van der Waals surface area contributed by atoms with Crippen molar-refractivity contribution in [1.82, 2.24) is 9.97 Å². The molecule has 6 heteroatoms. The van der Waals surface area contributed by atoms with Crippen molar-refractivity contribution < 1.29 is 13.9 Å². The SMILES string of the molecule is c1ccc2c(c1)oc1c(NCc3ccc4c(c3)OCCCO4)ncnc12. The van der Waals surface area contributed by atoms with Gasteiger partial charge in [-0.15, -0.1) is 0 Å². The number of nitrogens with one attached hydrogen (secondary N) is 1. The largest absolute Gasteiger partial charge is 0.490 e. The van der Waals surface area contributed by atoms with Crippen molar-refractivity contribution in [2.24, 2.45) is 0 Å². The van der Waals surface area contributed by atoms with Crippen molar-refractivity contribution in [1.29, 1.82) is 0 Å². The molecule has 0 spiro atoms. The molecule has 26 heavy (non-hydrogen) atoms. The number of nitrogens with zero attached hydrogens (tertiary/aromatic N) is 2. The molecule has 1 aliphatic heterocycles. The summed E-state index contributed by atoms with van der Waals surface area (Å²) in [4.78, 5) is 8.72. The van der Waals surface area contributed by atoms with E-state index in [0.29, 0.717) is 31.2 Å². The van der Waals surface area contributed by atoms with E-state index in [9.17, 15) is 0 Å². The first-order valence-electron chi connectivity index (χ1n) is 8.63. The maximum Gasteiger partial charge on any atom is 0.196 e. The zero-order valence-electron chi connectivity index (χ0n) is 14.1. The van der Waals surface area contributed by atoms with Gasteiger partial charge in [0.1, 0.15) is 17.4 Å². The average molecular weight is 347 g/mol. The maximum absolute atomic E-state index is 5.95. The second-order valence-corrected chi connectivity index (χ2v) is 6.18. The fourth-order valence-electron chi connectivity index (χ4n) is 3.15. The molecule has 1 aliphatic rings. The predicted molar refractivity (Wildman–Crippen MR) is 98.7 cm³/mol. The van der Waals surface area contributed by atoms with Gasteiger partial charge in [-0.05, 0) is 29.8 Å². The lowest BCUT2D eigenvalue weighted by Crippen LogP contribution is -2.02. The van der Waals surface area contributed by atoms with E-state index in [1.807, 2.05) is 42.5 Å². The van der Waals surface area contributed by atoms with Gasteiger partial charge in [0, 0.05) is 18.4 Å². The maximum atomic E-state index is 5.95. The van der Waals surface area contributed by atoms with E-state index in [4.69, 9.17) is 13.9 Å². The Labute approximate surface area is 149 Å². The van der Waals surface area contributed by atoms with E-state index in [2.05, 4.69) is 15.3 Å². The highest BCUT2D eigenvalue weighted by atomic mass is 16.5. The fourth-order valence-corrected chi connectivity index (χ4v) is 3.15. The van der Waals surface area contributed by atoms with E-state index in [-0.39, 0.29) is 0 Å². The first-order valence-corrected chi connectivity index (χ1v) is 8.63. The van der Waals surface area contributed by atoms with Crippen LogP contribution < -0.4 is 14.8 Å². The molecule has 0 saturated carbocycles. The van der Waals surface area contributed by atoms with Crippen molar-refractivity contribution in [2.75, 3.05) is 18.5 Å². The van der Waals surface area contributed by atoms with Gasteiger partial charge in [-0.1, -0.05) is 18.2 Å². The molecule has 0 atom stereocenters. The summed E-state index contributed by atoms with van der Waals surface area (Å²) < 4.78 is 17.4. The molecule has 6 nitrogen and oxygen atoms in total. The van der Waals surface area contributed by atoms with E-state index in [1.54, 1.807) is 6.33 Å². The summed E-state index contributed by atoms with van der Waals surface area (Å²) in [6.07, 6.45) is 2.45. The summed E-state index contributed by atoms with van der Waals surface area (Å²) in [5, 5.41) is 4.34. The van der Waals surface area contributed by atoms with Crippen LogP contribution in [0.3, 0.4) is 0 Å². The van der Waals surface area contributed by atoms with Crippen LogP contribution in [0.2, 0.25) is 0 Å². The molecule has 0 fully saturated rings. The smallest absolute Gasteiger partial charge is 0.196 e. The molecule has 4 aromatic rings. The molecule has 0 saturated heterocycles. The Morgan fingerprint density at radius 3 is 2.81 bits per heavy atom. The molecule has 0 unspecified atom stereocenters. The number of benzene rings is 2. The molecule has 0 amide bonds. The van der Waals surface area contributed by atoms with Gasteiger partial charge in [0.25, 0.3) is 0 Å². The number of fused-ring (bicyclic) bond motifs is 4. The lowest BCUT2D eigenvalue weighted by Gasteiger charge is -2.10. The second-order valence-electron chi connectivity index (χ2n) is 6.18. The minimum absolute atomic E-state index is 0.597. The van der Waals surface area contributed by atoms with Gasteiger partial charge in [-0.3, -0.25) is 0 Å². The van der Waals surface area contributed by atoms with E-state index >= 15 is 0 Å². The fraction of sp³-hybridized carbons (Fsp3) is 0.200. The van der Waals surface area contributed by atoms with Gasteiger partial charge in [0.15, 0.2) is 22.9 Å². The Balaban J connectivity index is 1.44. The minimum Gasteiger partial charge on any atom is -0.490 e. The molecule has 1 N–H and O–H groups in total. The van der Waals surface area contributed by atoms with Crippen LogP contribution in [0.4, 0.5) is 5.82 Å². The highest BCUT2D eigenvalue weighted by Crippen LogP contribution is 2.32. The van der Waals surface area contributed by atoms with Crippen molar-refractivity contribution in [3.05, 3.63) is 54.4 Å². The van der Waals surface area contributed by atoms with Crippen molar-refractivity contribution in [2.45, 2.75) is 13.0 Å². The normalized spacial score (nSPS) is 13.7. The summed E-state index contributed by atoms with van der Waals surface area (Å²) in [5.74, 6) is 2.27. The average Bonchev–Trinajstić information content (AvgIpc) is 2.90. The third-order valence-electron chi connectivity index (χ3n) is 4.43. The van der Waals surface area contributed by atoms with Gasteiger partial charge in [-0.2, -0.15) is 0 Å². The summed E-state index contributed by atoms with van der Waals surface area (Å²) in [7, 11) is 0. The van der Waals surface area contributed by atoms with Crippen molar-refractivity contribution in [3.8, 4) is 11.5 Å². The quantitative estimate of drug-likeness (QED) is 0.600. The highest BCUT2D eigenvalue weighted by Gasteiger charge is 2.14. The first kappa shape index (κ1) is 15.0. The van der Waals surface area contributed by atoms with Crippen LogP contribution in [-0.2, 0) is 6.54 Å². The third kappa shape index (κ3) is 2.60. The number of aromatic nitrogens is 2. The molecule has 5 rings (SSSR count). The monoisotopic (exact) mass is 347 g/mol. The van der Waals surface area contributed by atoms with Gasteiger partial charge in [0.2, 0.25) is 0 Å². The Kier molecular flexibility index (Phi) is 3.59. The Morgan fingerprint density at radius 1 is 0.962 bits per heavy atom. The standard InChI is InChI=1S/C20H17N3O3/c1-2-5-15-14(4-1)18-19(26-15)20(23-12-22-18)21-11-13-6-7-16-17(10-13)25-9-3-8-24-16/h1-2,4-7,10,12H,3,8-9,11H2,(H,21,22,23). The van der Waals surface area contributed by atoms with Crippen LogP contribution in [0.1, 0.15) is 12.0 Å². The van der Waals surface area contributed by atoms with Crippen LogP contribution in [0, 0.1) is 0 Å². The molecular formula is C20H17N3O3. The Morgan fingerprint density at radius 2 is 1.85 bits per heavy atom. The number of hydrogen-bond donors (Lipinski definition) is 1. The summed E-state index contributed by atoms with van der Waals surface area (Å²) in [6, 6.07) is 13.8. The minimum atomic E-state index is 0.597. The first-order chi connectivity index (χ1) is 12.9. The number of para-hydroxylation sites is 1. The molecule has 2 aromatic carbocycles. The van der Waals surface area contributed by atoms with Crippen LogP contribution in [0.25, 0.3) is 22.1 Å². The Bertz CT molecular complexity index is 1090. The summed E-state index contributed by atoms with van der Waals surface area (Å²) in [5.41, 5.74) is 3.37. The lowest BCUT2D eigenvalue weighted by molar-refractivity contribution is 0.297. The Hall–Kier alpha value is -3.28. The van der Waals surface area contributed by atoms with Crippen LogP contribution in [-0.4, -0.2) is 23.2 Å². The van der Waals surface area contributed by atoms with E-state index in [0.717, 1.165) is 40.0 Å². The van der Waals surface area contributed by atoms with E-state index < -0.39 is 0 Å². The molecule has 130 valence electrons. The number of anilines is 1. The number of rotatable bonds is 3. The number of hydrogen-bond acceptors (Lipinski definition) is 6. The van der Waals surface area contributed by atoms with Crippen LogP contribution in [0.5, 0.6) is 11.5 Å². The molecular weight excluding hydrogens is 330 g/mol. The zero-order chi connectivity index (χ0) is 17.3. The predicted octanol–water partition coefficient (Wildman–Crippen LogP) is 4.15. The topological polar surface area (TPSA) is 69.4 Å². The second kappa shape index (κ2) is 6.22. The summed E-state index contributed by atoms with van der Waals surface area (Å²) >= 11 is 0. The van der Waals surface area contributed by atoms with E-state index in [1.165, 1.54) is 0 Å². The van der Waals surface area contributed by atoms with Crippen LogP contribution >= 0.6 is 0 Å². The highest BCUT2D eigenvalue weighted by molar-refractivity contribution is 6.05. The molecule has 2 aromatic heterocycles. The molecule has 0 bridgehead atoms. The zero-order valence-corrected chi connectivity index (χ0v) is 14.1. The van der Waals surface area contributed by atoms with Crippen molar-refractivity contribution in [3.63, 3.8) is 0 Å².